The van der Waals surface area contributed by atoms with Crippen LogP contribution < -0.4 is 10.5 Å². The Hall–Kier alpha value is -2.39. The summed E-state index contributed by atoms with van der Waals surface area (Å²) >= 11 is 5.83. The zero-order valence-electron chi connectivity index (χ0n) is 10.4. The van der Waals surface area contributed by atoms with Gasteiger partial charge in [-0.05, 0) is 18.2 Å². The Morgan fingerprint density at radius 3 is 2.67 bits per heavy atom. The summed E-state index contributed by atoms with van der Waals surface area (Å²) in [5.74, 6) is 0. The summed E-state index contributed by atoms with van der Waals surface area (Å²) in [6.07, 6.45) is 1.26. The number of pyridine rings is 1. The van der Waals surface area contributed by atoms with Gasteiger partial charge >= 0.3 is 0 Å². The Morgan fingerprint density at radius 2 is 2.05 bits per heavy atom. The fourth-order valence-electron chi connectivity index (χ4n) is 1.53. The molecule has 0 amide bonds. The van der Waals surface area contributed by atoms with Gasteiger partial charge in [0.05, 0.1) is 21.3 Å². The number of non-ortho nitro benzene ring substituents is 1. The van der Waals surface area contributed by atoms with Crippen LogP contribution in [0.4, 0.5) is 17.1 Å². The summed E-state index contributed by atoms with van der Waals surface area (Å²) in [4.78, 5) is 13.7. The molecular weight excluding hydrogens is 320 g/mol. The zero-order chi connectivity index (χ0) is 15.6. The second kappa shape index (κ2) is 5.54. The number of nitro benzene ring substituents is 1. The van der Waals surface area contributed by atoms with Crippen molar-refractivity contribution in [3.05, 3.63) is 51.7 Å². The smallest absolute Gasteiger partial charge is 0.281 e. The van der Waals surface area contributed by atoms with E-state index < -0.39 is 14.9 Å². The van der Waals surface area contributed by atoms with E-state index >= 15 is 0 Å². The highest BCUT2D eigenvalue weighted by molar-refractivity contribution is 7.92. The molecule has 0 aliphatic rings. The van der Waals surface area contributed by atoms with Crippen molar-refractivity contribution in [3.63, 3.8) is 0 Å². The molecular formula is C11H9ClN4O4S. The molecule has 0 aliphatic carbocycles. The molecule has 0 unspecified atom stereocenters. The van der Waals surface area contributed by atoms with Crippen LogP contribution in [0.2, 0.25) is 5.02 Å². The number of benzene rings is 1. The summed E-state index contributed by atoms with van der Waals surface area (Å²) in [7, 11) is -4.10. The fraction of sp³-hybridized carbons (Fsp3) is 0. The number of hydrogen-bond donors (Lipinski definition) is 2. The van der Waals surface area contributed by atoms with Gasteiger partial charge in [0.1, 0.15) is 0 Å². The van der Waals surface area contributed by atoms with Crippen LogP contribution in [0.15, 0.2) is 41.6 Å². The van der Waals surface area contributed by atoms with E-state index in [9.17, 15) is 18.5 Å². The van der Waals surface area contributed by atoms with Gasteiger partial charge < -0.3 is 5.73 Å². The number of nitro groups is 1. The van der Waals surface area contributed by atoms with Crippen LogP contribution >= 0.6 is 11.6 Å². The van der Waals surface area contributed by atoms with Crippen LogP contribution in [0.25, 0.3) is 0 Å². The van der Waals surface area contributed by atoms with E-state index in [1.807, 2.05) is 0 Å². The Morgan fingerprint density at radius 1 is 1.33 bits per heavy atom. The zero-order valence-corrected chi connectivity index (χ0v) is 11.9. The highest BCUT2D eigenvalue weighted by Crippen LogP contribution is 2.29. The van der Waals surface area contributed by atoms with E-state index in [4.69, 9.17) is 17.3 Å². The number of anilines is 2. The molecule has 1 aromatic heterocycles. The van der Waals surface area contributed by atoms with Crippen molar-refractivity contribution >= 4 is 38.7 Å². The molecule has 1 aromatic carbocycles. The number of nitrogens with zero attached hydrogens (tertiary/aromatic N) is 2. The first-order valence-corrected chi connectivity index (χ1v) is 7.34. The first-order chi connectivity index (χ1) is 9.81. The highest BCUT2D eigenvalue weighted by Gasteiger charge is 2.21. The molecule has 0 aliphatic heterocycles. The molecule has 10 heteroatoms. The molecule has 0 fully saturated rings. The minimum atomic E-state index is -4.10. The Balaban J connectivity index is 2.44. The van der Waals surface area contributed by atoms with Crippen molar-refractivity contribution in [2.75, 3.05) is 10.5 Å². The third-order valence-corrected chi connectivity index (χ3v) is 4.13. The Bertz CT molecular complexity index is 810. The van der Waals surface area contributed by atoms with Gasteiger partial charge in [-0.15, -0.1) is 0 Å². The van der Waals surface area contributed by atoms with Crippen molar-refractivity contribution < 1.29 is 13.3 Å². The van der Waals surface area contributed by atoms with E-state index in [-0.39, 0.29) is 27.1 Å². The lowest BCUT2D eigenvalue weighted by atomic mass is 10.3. The molecule has 0 atom stereocenters. The van der Waals surface area contributed by atoms with Crippen LogP contribution in [-0.2, 0) is 10.0 Å². The van der Waals surface area contributed by atoms with Gasteiger partial charge in [-0.25, -0.2) is 4.98 Å². The van der Waals surface area contributed by atoms with Crippen LogP contribution in [0.5, 0.6) is 0 Å². The van der Waals surface area contributed by atoms with Crippen molar-refractivity contribution in [2.24, 2.45) is 0 Å². The minimum absolute atomic E-state index is 0.0127. The maximum absolute atomic E-state index is 12.2. The molecule has 2 rings (SSSR count). The van der Waals surface area contributed by atoms with Crippen LogP contribution in [0, 0.1) is 10.1 Å². The summed E-state index contributed by atoms with van der Waals surface area (Å²) in [5, 5.41) is 10.3. The maximum Gasteiger partial charge on any atom is 0.281 e. The third kappa shape index (κ3) is 3.20. The normalized spacial score (nSPS) is 11.1. The van der Waals surface area contributed by atoms with Crippen molar-refractivity contribution in [1.82, 2.24) is 4.98 Å². The Kier molecular flexibility index (Phi) is 3.96. The van der Waals surface area contributed by atoms with Gasteiger partial charge in [0.2, 0.25) is 0 Å². The number of nitrogens with one attached hydrogen (secondary N) is 1. The lowest BCUT2D eigenvalue weighted by molar-refractivity contribution is -0.384. The molecule has 1 heterocycles. The monoisotopic (exact) mass is 328 g/mol. The molecule has 0 saturated heterocycles. The second-order valence-corrected chi connectivity index (χ2v) is 5.93. The van der Waals surface area contributed by atoms with Crippen LogP contribution in [0.3, 0.4) is 0 Å². The Labute approximate surface area is 124 Å². The van der Waals surface area contributed by atoms with Crippen LogP contribution in [-0.4, -0.2) is 18.3 Å². The van der Waals surface area contributed by atoms with E-state index in [0.717, 1.165) is 12.1 Å². The second-order valence-electron chi connectivity index (χ2n) is 3.92. The summed E-state index contributed by atoms with van der Waals surface area (Å²) in [5.41, 5.74) is 5.08. The predicted molar refractivity (Wildman–Crippen MR) is 77.6 cm³/mol. The van der Waals surface area contributed by atoms with Crippen LogP contribution in [0.1, 0.15) is 0 Å². The SMILES string of the molecule is Nc1cccnc1S(=O)(=O)Nc1cc([N+](=O)[O-])ccc1Cl. The van der Waals surface area contributed by atoms with Gasteiger partial charge in [0.25, 0.3) is 15.7 Å². The molecule has 3 N–H and O–H groups in total. The maximum atomic E-state index is 12.2. The molecule has 8 nitrogen and oxygen atoms in total. The number of nitrogens with two attached hydrogens (primary N) is 1. The number of halogens is 1. The van der Waals surface area contributed by atoms with E-state index in [0.29, 0.717) is 0 Å². The number of nitrogen functional groups attached to an aromatic ring is 1. The molecule has 0 spiro atoms. The molecule has 0 saturated carbocycles. The summed E-state index contributed by atoms with van der Waals surface area (Å²) < 4.78 is 26.5. The summed E-state index contributed by atoms with van der Waals surface area (Å²) in [6.45, 7) is 0. The molecule has 0 bridgehead atoms. The number of aromatic nitrogens is 1. The molecule has 21 heavy (non-hydrogen) atoms. The van der Waals surface area contributed by atoms with E-state index in [2.05, 4.69) is 9.71 Å². The minimum Gasteiger partial charge on any atom is -0.396 e. The summed E-state index contributed by atoms with van der Waals surface area (Å²) in [6, 6.07) is 6.25. The van der Waals surface area contributed by atoms with Gasteiger partial charge in [-0.2, -0.15) is 8.42 Å². The fourth-order valence-corrected chi connectivity index (χ4v) is 2.88. The number of rotatable bonds is 4. The van der Waals surface area contributed by atoms with Gasteiger partial charge in [0, 0.05) is 18.3 Å². The standard InChI is InChI=1S/C11H9ClN4O4S/c12-8-4-3-7(16(17)18)6-10(8)15-21(19,20)11-9(13)2-1-5-14-11/h1-6,15H,13H2. The quantitative estimate of drug-likeness (QED) is 0.652. The average molecular weight is 329 g/mol. The van der Waals surface area contributed by atoms with Gasteiger partial charge in [-0.1, -0.05) is 11.6 Å². The topological polar surface area (TPSA) is 128 Å². The molecule has 0 radical (unpaired) electrons. The highest BCUT2D eigenvalue weighted by atomic mass is 35.5. The first-order valence-electron chi connectivity index (χ1n) is 5.48. The van der Waals surface area contributed by atoms with Crippen molar-refractivity contribution in [3.8, 4) is 0 Å². The third-order valence-electron chi connectivity index (χ3n) is 2.46. The lowest BCUT2D eigenvalue weighted by Crippen LogP contribution is -2.16. The average Bonchev–Trinajstić information content (AvgIpc) is 2.41. The predicted octanol–water partition coefficient (Wildman–Crippen LogP) is 2.03. The van der Waals surface area contributed by atoms with Gasteiger partial charge in [0.15, 0.2) is 5.03 Å². The number of hydrogen-bond acceptors (Lipinski definition) is 6. The number of sulfonamides is 1. The van der Waals surface area contributed by atoms with E-state index in [1.54, 1.807) is 0 Å². The van der Waals surface area contributed by atoms with Crippen molar-refractivity contribution in [1.29, 1.82) is 0 Å². The van der Waals surface area contributed by atoms with E-state index in [1.165, 1.54) is 24.4 Å². The van der Waals surface area contributed by atoms with Crippen molar-refractivity contribution in [2.45, 2.75) is 5.03 Å². The largest absolute Gasteiger partial charge is 0.396 e. The van der Waals surface area contributed by atoms with Gasteiger partial charge in [-0.3, -0.25) is 14.8 Å². The molecule has 2 aromatic rings. The molecule has 110 valence electrons. The lowest BCUT2D eigenvalue weighted by Gasteiger charge is -2.10. The first kappa shape index (κ1) is 15.0.